The van der Waals surface area contributed by atoms with Gasteiger partial charge in [0.05, 0.1) is 6.04 Å². The normalized spacial score (nSPS) is 26.3. The van der Waals surface area contributed by atoms with Crippen LogP contribution in [-0.4, -0.2) is 64.5 Å². The fourth-order valence-corrected chi connectivity index (χ4v) is 5.93. The Labute approximate surface area is 221 Å². The van der Waals surface area contributed by atoms with E-state index in [4.69, 9.17) is 0 Å². The van der Waals surface area contributed by atoms with Crippen LogP contribution >= 0.6 is 0 Å². The standard InChI is InChI=1S/C28H46N4O5/c1-15(33)21(34)18(13-16-11-10-12-16)29-23(35)20-19-17(28(19,8)9)14-32(20)24(36)22(26(2,3)4)30-25(37)31-27(5,6)7/h16-20,22H,10-14H2,1-9H3,(H,29,35)(H2,30,31,37)/t17-,18-,19-,20-,22+/m0/s1. The second-order valence-corrected chi connectivity index (χ2v) is 14.1. The van der Waals surface area contributed by atoms with Gasteiger partial charge < -0.3 is 20.9 Å². The molecule has 0 aromatic rings. The first-order valence-corrected chi connectivity index (χ1v) is 13.6. The molecule has 2 aliphatic carbocycles. The molecule has 0 radical (unpaired) electrons. The summed E-state index contributed by atoms with van der Waals surface area (Å²) in [6, 6.07) is -2.93. The molecule has 0 spiro atoms. The van der Waals surface area contributed by atoms with E-state index < -0.39 is 52.6 Å². The number of carbonyl (C=O) groups excluding carboxylic acids is 5. The quantitative estimate of drug-likeness (QED) is 0.426. The molecule has 3 fully saturated rings. The van der Waals surface area contributed by atoms with Crippen molar-refractivity contribution in [2.24, 2.45) is 28.6 Å². The predicted octanol–water partition coefficient (Wildman–Crippen LogP) is 2.81. The number of amides is 4. The molecule has 1 aliphatic heterocycles. The monoisotopic (exact) mass is 518 g/mol. The van der Waals surface area contributed by atoms with Crippen molar-refractivity contribution in [2.75, 3.05) is 6.54 Å². The van der Waals surface area contributed by atoms with Gasteiger partial charge in [0.25, 0.3) is 0 Å². The number of urea groups is 1. The number of rotatable bonds is 8. The molecule has 9 heteroatoms. The first-order chi connectivity index (χ1) is 16.8. The van der Waals surface area contributed by atoms with E-state index in [1.54, 1.807) is 4.90 Å². The molecule has 9 nitrogen and oxygen atoms in total. The number of hydrogen-bond acceptors (Lipinski definition) is 5. The van der Waals surface area contributed by atoms with Crippen LogP contribution in [0.2, 0.25) is 0 Å². The number of nitrogens with zero attached hydrogens (tertiary/aromatic N) is 1. The zero-order valence-electron chi connectivity index (χ0n) is 24.0. The highest BCUT2D eigenvalue weighted by Crippen LogP contribution is 2.65. The Hall–Kier alpha value is -2.45. The molecule has 37 heavy (non-hydrogen) atoms. The third-order valence-electron chi connectivity index (χ3n) is 8.41. The summed E-state index contributed by atoms with van der Waals surface area (Å²) in [5.74, 6) is -1.44. The topological polar surface area (TPSA) is 125 Å². The van der Waals surface area contributed by atoms with Crippen LogP contribution in [-0.2, 0) is 19.2 Å². The van der Waals surface area contributed by atoms with Gasteiger partial charge in [0.15, 0.2) is 5.78 Å². The molecule has 1 heterocycles. The van der Waals surface area contributed by atoms with Gasteiger partial charge in [-0.25, -0.2) is 4.79 Å². The van der Waals surface area contributed by atoms with Crippen molar-refractivity contribution >= 4 is 29.4 Å². The van der Waals surface area contributed by atoms with Crippen molar-refractivity contribution in [1.82, 2.24) is 20.9 Å². The number of nitrogens with one attached hydrogen (secondary N) is 3. The average Bonchev–Trinajstić information content (AvgIpc) is 3.06. The lowest BCUT2D eigenvalue weighted by Gasteiger charge is -2.38. The van der Waals surface area contributed by atoms with Crippen LogP contribution < -0.4 is 16.0 Å². The van der Waals surface area contributed by atoms with E-state index in [-0.39, 0.29) is 23.2 Å². The van der Waals surface area contributed by atoms with Gasteiger partial charge in [-0.1, -0.05) is 53.9 Å². The maximum atomic E-state index is 13.9. The molecule has 0 bridgehead atoms. The van der Waals surface area contributed by atoms with E-state index in [9.17, 15) is 24.0 Å². The summed E-state index contributed by atoms with van der Waals surface area (Å²) < 4.78 is 0. The summed E-state index contributed by atoms with van der Waals surface area (Å²) in [6.45, 7) is 17.0. The Bertz CT molecular complexity index is 957. The van der Waals surface area contributed by atoms with Crippen molar-refractivity contribution in [2.45, 2.75) is 112 Å². The molecule has 0 aromatic heterocycles. The number of Topliss-reactive ketones (excluding diaryl/α,β-unsaturated/α-hetero) is 2. The average molecular weight is 519 g/mol. The second kappa shape index (κ2) is 10.0. The minimum absolute atomic E-state index is 0.0442. The molecule has 0 aromatic carbocycles. The van der Waals surface area contributed by atoms with Crippen LogP contribution in [0.5, 0.6) is 0 Å². The highest BCUT2D eigenvalue weighted by Gasteiger charge is 2.70. The van der Waals surface area contributed by atoms with Crippen molar-refractivity contribution in [3.63, 3.8) is 0 Å². The summed E-state index contributed by atoms with van der Waals surface area (Å²) in [6.07, 6.45) is 3.51. The largest absolute Gasteiger partial charge is 0.344 e. The number of carbonyl (C=O) groups is 5. The minimum atomic E-state index is -0.873. The van der Waals surface area contributed by atoms with Crippen molar-refractivity contribution in [3.05, 3.63) is 0 Å². The molecule has 3 rings (SSSR count). The summed E-state index contributed by atoms with van der Waals surface area (Å²) in [7, 11) is 0. The van der Waals surface area contributed by atoms with Crippen molar-refractivity contribution < 1.29 is 24.0 Å². The molecule has 4 amide bonds. The van der Waals surface area contributed by atoms with E-state index >= 15 is 0 Å². The van der Waals surface area contributed by atoms with Crippen molar-refractivity contribution in [3.8, 4) is 0 Å². The summed E-state index contributed by atoms with van der Waals surface area (Å²) >= 11 is 0. The van der Waals surface area contributed by atoms with E-state index in [2.05, 4.69) is 29.8 Å². The fourth-order valence-electron chi connectivity index (χ4n) is 5.93. The van der Waals surface area contributed by atoms with E-state index in [0.29, 0.717) is 18.9 Å². The van der Waals surface area contributed by atoms with Crippen LogP contribution in [0, 0.1) is 28.6 Å². The highest BCUT2D eigenvalue weighted by atomic mass is 16.2. The van der Waals surface area contributed by atoms with Gasteiger partial charge >= 0.3 is 6.03 Å². The Morgan fingerprint density at radius 1 is 0.973 bits per heavy atom. The number of hydrogen-bond donors (Lipinski definition) is 3. The predicted molar refractivity (Wildman–Crippen MR) is 141 cm³/mol. The third-order valence-corrected chi connectivity index (χ3v) is 8.41. The van der Waals surface area contributed by atoms with E-state index in [0.717, 1.165) is 19.3 Å². The third kappa shape index (κ3) is 6.34. The maximum Gasteiger partial charge on any atom is 0.315 e. The molecule has 0 unspecified atom stereocenters. The van der Waals surface area contributed by atoms with Crippen LogP contribution in [0.15, 0.2) is 0 Å². The SMILES string of the molecule is CC(=O)C(=O)[C@H](CC1CCC1)NC(=O)[C@@H]1[C@@H]2[C@H](CN1C(=O)[C@@H](NC(=O)NC(C)(C)C)C(C)(C)C)C2(C)C. The second-order valence-electron chi connectivity index (χ2n) is 14.1. The minimum Gasteiger partial charge on any atom is -0.344 e. The van der Waals surface area contributed by atoms with Gasteiger partial charge in [-0.2, -0.15) is 0 Å². The van der Waals surface area contributed by atoms with E-state index in [1.165, 1.54) is 6.92 Å². The summed E-state index contributed by atoms with van der Waals surface area (Å²) in [4.78, 5) is 66.5. The Balaban J connectivity index is 1.83. The van der Waals surface area contributed by atoms with Gasteiger partial charge in [0.1, 0.15) is 12.1 Å². The first kappa shape index (κ1) is 29.1. The fraction of sp³-hybridized carbons (Fsp3) is 0.821. The van der Waals surface area contributed by atoms with Gasteiger partial charge in [-0.05, 0) is 55.8 Å². The van der Waals surface area contributed by atoms with Crippen LogP contribution in [0.1, 0.15) is 88.0 Å². The lowest BCUT2D eigenvalue weighted by Crippen LogP contribution is -2.62. The van der Waals surface area contributed by atoms with Crippen LogP contribution in [0.25, 0.3) is 0 Å². The number of piperidine rings is 1. The molecule has 2 saturated carbocycles. The van der Waals surface area contributed by atoms with Gasteiger partial charge in [-0.15, -0.1) is 0 Å². The van der Waals surface area contributed by atoms with E-state index in [1.807, 2.05) is 41.5 Å². The summed E-state index contributed by atoms with van der Waals surface area (Å²) in [5.41, 5.74) is -1.19. The molecular weight excluding hydrogens is 472 g/mol. The van der Waals surface area contributed by atoms with Gasteiger partial charge in [0, 0.05) is 19.0 Å². The summed E-state index contributed by atoms with van der Waals surface area (Å²) in [5, 5.41) is 8.55. The molecule has 208 valence electrons. The number of likely N-dealkylation sites (tertiary alicyclic amines) is 1. The molecular formula is C28H46N4O5. The Morgan fingerprint density at radius 2 is 1.57 bits per heavy atom. The lowest BCUT2D eigenvalue weighted by molar-refractivity contribution is -0.145. The number of ketones is 2. The highest BCUT2D eigenvalue weighted by molar-refractivity contribution is 6.38. The zero-order valence-corrected chi connectivity index (χ0v) is 24.0. The van der Waals surface area contributed by atoms with Crippen LogP contribution in [0.4, 0.5) is 4.79 Å². The molecule has 5 atom stereocenters. The molecule has 3 N–H and O–H groups in total. The Kier molecular flexibility index (Phi) is 7.89. The van der Waals surface area contributed by atoms with Gasteiger partial charge in [0.2, 0.25) is 17.6 Å². The number of fused-ring (bicyclic) bond motifs is 1. The smallest absolute Gasteiger partial charge is 0.315 e. The maximum absolute atomic E-state index is 13.9. The Morgan fingerprint density at radius 3 is 2.03 bits per heavy atom. The van der Waals surface area contributed by atoms with Gasteiger partial charge in [-0.3, -0.25) is 19.2 Å². The van der Waals surface area contributed by atoms with Crippen molar-refractivity contribution in [1.29, 1.82) is 0 Å². The lowest BCUT2D eigenvalue weighted by atomic mass is 9.79. The molecule has 1 saturated heterocycles. The van der Waals surface area contributed by atoms with Crippen LogP contribution in [0.3, 0.4) is 0 Å². The first-order valence-electron chi connectivity index (χ1n) is 13.6. The zero-order chi connectivity index (χ0) is 28.1. The molecule has 3 aliphatic rings.